The molecule has 0 radical (unpaired) electrons. The molecule has 11 heteroatoms. The summed E-state index contributed by atoms with van der Waals surface area (Å²) >= 11 is 0. The predicted molar refractivity (Wildman–Crippen MR) is 164 cm³/mol. The van der Waals surface area contributed by atoms with Gasteiger partial charge in [-0.1, -0.05) is 42.5 Å². The quantitative estimate of drug-likeness (QED) is 0.279. The summed E-state index contributed by atoms with van der Waals surface area (Å²) in [6.07, 6.45) is 4.46. The number of nitrogens with zero attached hydrogens (tertiary/aromatic N) is 5. The lowest BCUT2D eigenvalue weighted by Gasteiger charge is -2.32. The molecule has 6 rings (SSSR count). The van der Waals surface area contributed by atoms with E-state index < -0.39 is 31.6 Å². The number of halogens is 1. The molecule has 2 aromatic carbocycles. The SMILES string of the molecule is C[C@H]1[C@H]([Si](C)(C)F)[C@@H](CCn2cc(CCO)nn2)O[C@]12C(=O)N(Cc1ccccc1)c1ccc(N3CCCCC3=O)cc12. The molecular weight excluding hydrogens is 565 g/mol. The summed E-state index contributed by atoms with van der Waals surface area (Å²) in [5, 5.41) is 17.5. The van der Waals surface area contributed by atoms with E-state index in [9.17, 15) is 14.7 Å². The number of carbonyl (C=O) groups excluding carboxylic acids is 2. The van der Waals surface area contributed by atoms with Crippen molar-refractivity contribution in [3.63, 3.8) is 0 Å². The molecule has 4 atom stereocenters. The van der Waals surface area contributed by atoms with Gasteiger partial charge in [-0.25, -0.2) is 0 Å². The van der Waals surface area contributed by atoms with Crippen molar-refractivity contribution in [1.82, 2.24) is 15.0 Å². The third-order valence-corrected chi connectivity index (χ3v) is 11.8. The molecule has 3 aliphatic rings. The van der Waals surface area contributed by atoms with E-state index >= 15 is 4.11 Å². The molecule has 0 bridgehead atoms. The van der Waals surface area contributed by atoms with E-state index in [-0.39, 0.29) is 18.4 Å². The van der Waals surface area contributed by atoms with E-state index in [1.54, 1.807) is 33.8 Å². The zero-order valence-electron chi connectivity index (χ0n) is 25.1. The summed E-state index contributed by atoms with van der Waals surface area (Å²) in [7, 11) is -3.33. The van der Waals surface area contributed by atoms with E-state index in [0.717, 1.165) is 29.8 Å². The maximum atomic E-state index is 16.2. The molecule has 2 fully saturated rings. The Balaban J connectivity index is 1.40. The number of piperidine rings is 1. The highest BCUT2D eigenvalue weighted by atomic mass is 28.4. The number of rotatable bonds is 9. The summed E-state index contributed by atoms with van der Waals surface area (Å²) in [4.78, 5) is 31.1. The Morgan fingerprint density at radius 3 is 2.65 bits per heavy atom. The van der Waals surface area contributed by atoms with Gasteiger partial charge >= 0.3 is 0 Å². The van der Waals surface area contributed by atoms with Crippen LogP contribution in [0.15, 0.2) is 54.7 Å². The number of hydrogen-bond donors (Lipinski definition) is 1. The van der Waals surface area contributed by atoms with Gasteiger partial charge in [0.25, 0.3) is 5.91 Å². The molecular formula is C32H40FN5O4Si. The third kappa shape index (κ3) is 5.31. The molecule has 9 nitrogen and oxygen atoms in total. The minimum Gasteiger partial charge on any atom is -0.396 e. The van der Waals surface area contributed by atoms with Crippen molar-refractivity contribution in [2.75, 3.05) is 23.0 Å². The van der Waals surface area contributed by atoms with E-state index in [2.05, 4.69) is 10.3 Å². The molecule has 43 heavy (non-hydrogen) atoms. The van der Waals surface area contributed by atoms with Crippen LogP contribution in [-0.4, -0.2) is 59.6 Å². The highest BCUT2D eigenvalue weighted by molar-refractivity contribution is 6.72. The maximum Gasteiger partial charge on any atom is 0.264 e. The molecule has 1 aromatic heterocycles. The Hall–Kier alpha value is -3.41. The number of benzene rings is 2. The lowest BCUT2D eigenvalue weighted by molar-refractivity contribution is -0.146. The molecule has 0 aliphatic carbocycles. The molecule has 228 valence electrons. The largest absolute Gasteiger partial charge is 0.396 e. The number of ether oxygens (including phenoxy) is 1. The first kappa shape index (κ1) is 29.6. The Morgan fingerprint density at radius 1 is 1.14 bits per heavy atom. The van der Waals surface area contributed by atoms with Crippen LogP contribution >= 0.6 is 0 Å². The van der Waals surface area contributed by atoms with Crippen molar-refractivity contribution >= 4 is 31.6 Å². The smallest absolute Gasteiger partial charge is 0.264 e. The van der Waals surface area contributed by atoms with Crippen LogP contribution < -0.4 is 9.80 Å². The number of anilines is 2. The van der Waals surface area contributed by atoms with Crippen molar-refractivity contribution < 1.29 is 23.5 Å². The van der Waals surface area contributed by atoms with Gasteiger partial charge in [0, 0.05) is 61.4 Å². The topological polar surface area (TPSA) is 101 Å². The highest BCUT2D eigenvalue weighted by Crippen LogP contribution is 2.60. The van der Waals surface area contributed by atoms with Gasteiger partial charge in [-0.3, -0.25) is 14.3 Å². The zero-order valence-corrected chi connectivity index (χ0v) is 26.1. The van der Waals surface area contributed by atoms with Crippen LogP contribution in [0.1, 0.15) is 49.4 Å². The van der Waals surface area contributed by atoms with Crippen LogP contribution in [-0.2, 0) is 39.4 Å². The first-order valence-electron chi connectivity index (χ1n) is 15.3. The van der Waals surface area contributed by atoms with Gasteiger partial charge in [0.05, 0.1) is 24.0 Å². The third-order valence-electron chi connectivity index (χ3n) is 9.36. The molecule has 4 heterocycles. The fourth-order valence-corrected chi connectivity index (χ4v) is 9.95. The zero-order chi connectivity index (χ0) is 30.4. The summed E-state index contributed by atoms with van der Waals surface area (Å²) in [6.45, 7) is 6.79. The van der Waals surface area contributed by atoms with E-state index in [0.29, 0.717) is 50.2 Å². The molecule has 2 saturated heterocycles. The van der Waals surface area contributed by atoms with Crippen LogP contribution in [0.4, 0.5) is 15.5 Å². The number of aliphatic hydroxyl groups is 1. The molecule has 1 N–H and O–H groups in total. The Kier molecular flexibility index (Phi) is 7.99. The number of amides is 2. The van der Waals surface area contributed by atoms with E-state index in [1.165, 1.54) is 0 Å². The van der Waals surface area contributed by atoms with Gasteiger partial charge in [-0.2, -0.15) is 0 Å². The second-order valence-electron chi connectivity index (χ2n) is 12.6. The van der Waals surface area contributed by atoms with Crippen molar-refractivity contribution in [3.05, 3.63) is 71.5 Å². The number of fused-ring (bicyclic) bond motifs is 2. The number of hydrogen-bond acceptors (Lipinski definition) is 6. The second-order valence-corrected chi connectivity index (χ2v) is 16.4. The summed E-state index contributed by atoms with van der Waals surface area (Å²) in [5.74, 6) is -0.533. The van der Waals surface area contributed by atoms with Crippen molar-refractivity contribution in [1.29, 1.82) is 0 Å². The fourth-order valence-electron chi connectivity index (χ4n) is 7.41. The lowest BCUT2D eigenvalue weighted by atomic mass is 9.82. The Morgan fingerprint density at radius 2 is 1.93 bits per heavy atom. The average molecular weight is 606 g/mol. The van der Waals surface area contributed by atoms with Crippen LogP contribution in [0.3, 0.4) is 0 Å². The summed E-state index contributed by atoms with van der Waals surface area (Å²) < 4.78 is 24.9. The molecule has 2 amide bonds. The number of aryl methyl sites for hydroxylation is 1. The molecule has 3 aromatic rings. The van der Waals surface area contributed by atoms with Gasteiger partial charge in [-0.05, 0) is 56.1 Å². The van der Waals surface area contributed by atoms with Crippen molar-refractivity contribution in [2.24, 2.45) is 5.92 Å². The normalized spacial score (nSPS) is 25.7. The predicted octanol–water partition coefficient (Wildman–Crippen LogP) is 4.74. The minimum atomic E-state index is -3.33. The number of carbonyl (C=O) groups is 2. The van der Waals surface area contributed by atoms with E-state index in [1.807, 2.05) is 55.5 Å². The molecule has 0 saturated carbocycles. The maximum absolute atomic E-state index is 16.2. The van der Waals surface area contributed by atoms with Crippen molar-refractivity contribution in [2.45, 2.75) is 82.5 Å². The minimum absolute atomic E-state index is 0.0137. The van der Waals surface area contributed by atoms with Gasteiger partial charge < -0.3 is 23.8 Å². The van der Waals surface area contributed by atoms with Crippen LogP contribution in [0.25, 0.3) is 0 Å². The molecule has 1 spiro atoms. The van der Waals surface area contributed by atoms with Crippen LogP contribution in [0.5, 0.6) is 0 Å². The highest BCUT2D eigenvalue weighted by Gasteiger charge is 2.66. The molecule has 0 unspecified atom stereocenters. The summed E-state index contributed by atoms with van der Waals surface area (Å²) in [5.41, 5.74) is 2.08. The molecule has 3 aliphatic heterocycles. The standard InChI is InChI=1S/C32H40FN5O4Si/c1-22-30(43(2,3)33)28(14-17-36-21-24(15-18-39)34-35-36)42-32(22)26-19-25(37-16-8-7-11-29(37)40)12-13-27(26)38(31(32)41)20-23-9-5-4-6-10-23/h4-6,9-10,12-13,19,21-22,28,30,39H,7-8,11,14-18,20H2,1-3H3/t22-,28+,30-,32+/m0/s1. The fraction of sp³-hybridized carbons (Fsp3) is 0.500. The first-order chi connectivity index (χ1) is 20.6. The van der Waals surface area contributed by atoms with Gasteiger partial charge in [0.15, 0.2) is 5.60 Å². The van der Waals surface area contributed by atoms with Crippen LogP contribution in [0.2, 0.25) is 18.6 Å². The first-order valence-corrected chi connectivity index (χ1v) is 18.3. The van der Waals surface area contributed by atoms with Gasteiger partial charge in [-0.15, -0.1) is 5.10 Å². The van der Waals surface area contributed by atoms with Crippen molar-refractivity contribution in [3.8, 4) is 0 Å². The lowest BCUT2D eigenvalue weighted by Crippen LogP contribution is -2.45. The Bertz CT molecular complexity index is 1490. The second kappa shape index (κ2) is 11.6. The summed E-state index contributed by atoms with van der Waals surface area (Å²) in [6, 6.07) is 15.6. The van der Waals surface area contributed by atoms with Gasteiger partial charge in [0.1, 0.15) is 0 Å². The number of aromatic nitrogens is 3. The average Bonchev–Trinajstić information content (AvgIpc) is 3.63. The van der Waals surface area contributed by atoms with E-state index in [4.69, 9.17) is 4.74 Å². The Labute approximate surface area is 252 Å². The number of aliphatic hydroxyl groups excluding tert-OH is 1. The van der Waals surface area contributed by atoms with Crippen LogP contribution in [0, 0.1) is 5.92 Å². The monoisotopic (exact) mass is 605 g/mol. The van der Waals surface area contributed by atoms with Gasteiger partial charge in [0.2, 0.25) is 14.3 Å².